The average Bonchev–Trinajstić information content (AvgIpc) is 2.13. The molecule has 0 rings (SSSR count). The number of primary amides is 1. The maximum absolute atomic E-state index is 11.0. The topological polar surface area (TPSA) is 87.8 Å². The summed E-state index contributed by atoms with van der Waals surface area (Å²) in [6, 6.07) is 0. The summed E-state index contributed by atoms with van der Waals surface area (Å²) in [6.45, 7) is 7.00. The summed E-state index contributed by atoms with van der Waals surface area (Å²) in [5.41, 5.74) is 3.51. The fourth-order valence-electron chi connectivity index (χ4n) is 1.19. The number of ether oxygens (including phenoxy) is 3. The third kappa shape index (κ3) is 7.21. The Kier molecular flexibility index (Phi) is 6.83. The normalized spacial score (nSPS) is 14.5. The lowest BCUT2D eigenvalue weighted by atomic mass is 9.90. The van der Waals surface area contributed by atoms with Gasteiger partial charge in [-0.2, -0.15) is 0 Å². The molecule has 1 amide bonds. The van der Waals surface area contributed by atoms with Gasteiger partial charge < -0.3 is 19.9 Å². The predicted octanol–water partition coefficient (Wildman–Crippen LogP) is 2.62. The molecule has 0 aromatic heterocycles. The molecule has 0 bridgehead atoms. The number of amides is 1. The molecule has 0 aliphatic heterocycles. The first-order valence-electron chi connectivity index (χ1n) is 5.61. The standard InChI is InChI=1S/C11H20ClNO5/c1-7(11(3,4)18-9(13)14)5-6-16-10(15)17-8(2)12/h7-8H,5-6H2,1-4H3,(H2,13,14). The minimum absolute atomic E-state index is 0.0359. The van der Waals surface area contributed by atoms with E-state index in [-0.39, 0.29) is 12.5 Å². The lowest BCUT2D eigenvalue weighted by Crippen LogP contribution is -2.37. The van der Waals surface area contributed by atoms with Crippen LogP contribution in [0, 0.1) is 5.92 Å². The van der Waals surface area contributed by atoms with Crippen LogP contribution < -0.4 is 5.73 Å². The highest BCUT2D eigenvalue weighted by Crippen LogP contribution is 2.24. The number of carbonyl (C=O) groups is 2. The van der Waals surface area contributed by atoms with Crippen LogP contribution in [-0.2, 0) is 14.2 Å². The zero-order valence-electron chi connectivity index (χ0n) is 11.1. The van der Waals surface area contributed by atoms with Gasteiger partial charge in [-0.05, 0) is 33.1 Å². The quantitative estimate of drug-likeness (QED) is 0.597. The van der Waals surface area contributed by atoms with Crippen LogP contribution in [0.1, 0.15) is 34.1 Å². The highest BCUT2D eigenvalue weighted by molar-refractivity contribution is 6.19. The van der Waals surface area contributed by atoms with Gasteiger partial charge in [-0.15, -0.1) is 0 Å². The van der Waals surface area contributed by atoms with Gasteiger partial charge in [0.05, 0.1) is 6.61 Å². The number of halogens is 1. The van der Waals surface area contributed by atoms with Gasteiger partial charge in [0.2, 0.25) is 0 Å². The number of hydrogen-bond acceptors (Lipinski definition) is 5. The van der Waals surface area contributed by atoms with Crippen molar-refractivity contribution in [2.24, 2.45) is 11.7 Å². The number of carbonyl (C=O) groups excluding carboxylic acids is 2. The van der Waals surface area contributed by atoms with Gasteiger partial charge in [-0.1, -0.05) is 18.5 Å². The van der Waals surface area contributed by atoms with Crippen molar-refractivity contribution in [3.8, 4) is 0 Å². The molecule has 18 heavy (non-hydrogen) atoms. The zero-order valence-corrected chi connectivity index (χ0v) is 11.8. The molecule has 0 saturated heterocycles. The Morgan fingerprint density at radius 3 is 2.33 bits per heavy atom. The molecule has 0 aliphatic rings. The van der Waals surface area contributed by atoms with E-state index < -0.39 is 23.4 Å². The van der Waals surface area contributed by atoms with Gasteiger partial charge in [0.25, 0.3) is 0 Å². The van der Waals surface area contributed by atoms with Gasteiger partial charge in [0, 0.05) is 0 Å². The Balaban J connectivity index is 3.99. The molecule has 0 heterocycles. The molecule has 0 spiro atoms. The first-order chi connectivity index (χ1) is 8.15. The Labute approximate surface area is 112 Å². The van der Waals surface area contributed by atoms with Gasteiger partial charge in [0.1, 0.15) is 5.60 Å². The third-order valence-corrected chi connectivity index (χ3v) is 2.67. The third-order valence-electron chi connectivity index (χ3n) is 2.58. The first kappa shape index (κ1) is 16.8. The van der Waals surface area contributed by atoms with Crippen molar-refractivity contribution in [1.29, 1.82) is 0 Å². The minimum atomic E-state index is -0.830. The first-order valence-corrected chi connectivity index (χ1v) is 6.04. The Hall–Kier alpha value is -1.17. The van der Waals surface area contributed by atoms with Gasteiger partial charge in [-0.3, -0.25) is 0 Å². The number of alkyl halides is 1. The summed E-state index contributed by atoms with van der Waals surface area (Å²) < 4.78 is 14.4. The maximum Gasteiger partial charge on any atom is 0.509 e. The minimum Gasteiger partial charge on any atom is -0.443 e. The second-order valence-electron chi connectivity index (χ2n) is 4.47. The summed E-state index contributed by atoms with van der Waals surface area (Å²) in [7, 11) is 0. The molecule has 0 aromatic carbocycles. The molecule has 0 aliphatic carbocycles. The van der Waals surface area contributed by atoms with Crippen LogP contribution in [-0.4, -0.2) is 30.0 Å². The smallest absolute Gasteiger partial charge is 0.443 e. The lowest BCUT2D eigenvalue weighted by Gasteiger charge is -2.30. The molecule has 6 nitrogen and oxygen atoms in total. The second kappa shape index (κ2) is 7.31. The number of nitrogens with two attached hydrogens (primary N) is 1. The van der Waals surface area contributed by atoms with Crippen molar-refractivity contribution in [3.63, 3.8) is 0 Å². The van der Waals surface area contributed by atoms with E-state index in [0.717, 1.165) is 0 Å². The molecule has 2 atom stereocenters. The predicted molar refractivity (Wildman–Crippen MR) is 66.3 cm³/mol. The lowest BCUT2D eigenvalue weighted by molar-refractivity contribution is -0.00986. The Morgan fingerprint density at radius 2 is 1.89 bits per heavy atom. The molecule has 106 valence electrons. The SMILES string of the molecule is CC(Cl)OC(=O)OCCC(C)C(C)(C)OC(N)=O. The molecule has 0 saturated carbocycles. The molecule has 2 unspecified atom stereocenters. The van der Waals surface area contributed by atoms with Crippen molar-refractivity contribution in [3.05, 3.63) is 0 Å². The highest BCUT2D eigenvalue weighted by Gasteiger charge is 2.29. The van der Waals surface area contributed by atoms with Crippen molar-refractivity contribution in [1.82, 2.24) is 0 Å². The van der Waals surface area contributed by atoms with Crippen LogP contribution in [0.25, 0.3) is 0 Å². The largest absolute Gasteiger partial charge is 0.509 e. The fourth-order valence-corrected chi connectivity index (χ4v) is 1.27. The Bertz CT molecular complexity index is 293. The van der Waals surface area contributed by atoms with E-state index in [1.807, 2.05) is 6.92 Å². The maximum atomic E-state index is 11.0. The van der Waals surface area contributed by atoms with Gasteiger partial charge in [0.15, 0.2) is 5.56 Å². The molecule has 2 N–H and O–H groups in total. The Morgan fingerprint density at radius 1 is 1.33 bits per heavy atom. The van der Waals surface area contributed by atoms with E-state index >= 15 is 0 Å². The molecule has 0 aromatic rings. The molecule has 0 radical (unpaired) electrons. The summed E-state index contributed by atoms with van der Waals surface area (Å²) in [4.78, 5) is 21.7. The van der Waals surface area contributed by atoms with E-state index in [0.29, 0.717) is 6.42 Å². The van der Waals surface area contributed by atoms with E-state index in [4.69, 9.17) is 26.8 Å². The van der Waals surface area contributed by atoms with Crippen LogP contribution in [0.3, 0.4) is 0 Å². The summed E-state index contributed by atoms with van der Waals surface area (Å²) in [5.74, 6) is -0.0359. The van der Waals surface area contributed by atoms with Gasteiger partial charge in [-0.25, -0.2) is 9.59 Å². The van der Waals surface area contributed by atoms with Crippen LogP contribution in [0.2, 0.25) is 0 Å². The van der Waals surface area contributed by atoms with E-state index in [1.54, 1.807) is 13.8 Å². The summed E-state index contributed by atoms with van der Waals surface area (Å²) in [5, 5.41) is 0. The van der Waals surface area contributed by atoms with E-state index in [2.05, 4.69) is 4.74 Å². The number of hydrogen-bond donors (Lipinski definition) is 1. The number of rotatable bonds is 6. The van der Waals surface area contributed by atoms with Crippen molar-refractivity contribution in [2.75, 3.05) is 6.61 Å². The van der Waals surface area contributed by atoms with Crippen molar-refractivity contribution >= 4 is 23.8 Å². The van der Waals surface area contributed by atoms with Crippen LogP contribution in [0.15, 0.2) is 0 Å². The van der Waals surface area contributed by atoms with Crippen molar-refractivity contribution in [2.45, 2.75) is 45.3 Å². The average molecular weight is 282 g/mol. The molecule has 0 fully saturated rings. The highest BCUT2D eigenvalue weighted by atomic mass is 35.5. The van der Waals surface area contributed by atoms with Crippen LogP contribution in [0.4, 0.5) is 9.59 Å². The zero-order chi connectivity index (χ0) is 14.3. The molecule has 7 heteroatoms. The van der Waals surface area contributed by atoms with Crippen molar-refractivity contribution < 1.29 is 23.8 Å². The van der Waals surface area contributed by atoms with E-state index in [9.17, 15) is 9.59 Å². The fraction of sp³-hybridized carbons (Fsp3) is 0.818. The molecular formula is C11H20ClNO5. The molecular weight excluding hydrogens is 262 g/mol. The summed E-state index contributed by atoms with van der Waals surface area (Å²) >= 11 is 5.45. The van der Waals surface area contributed by atoms with Crippen LogP contribution >= 0.6 is 11.6 Å². The van der Waals surface area contributed by atoms with Crippen LogP contribution in [0.5, 0.6) is 0 Å². The van der Waals surface area contributed by atoms with Gasteiger partial charge >= 0.3 is 12.2 Å². The second-order valence-corrected chi connectivity index (χ2v) is 5.09. The summed E-state index contributed by atoms with van der Waals surface area (Å²) in [6.07, 6.45) is -1.15. The monoisotopic (exact) mass is 281 g/mol. The van der Waals surface area contributed by atoms with E-state index in [1.165, 1.54) is 6.92 Å².